The van der Waals surface area contributed by atoms with Gasteiger partial charge >= 0.3 is 0 Å². The quantitative estimate of drug-likeness (QED) is 0.818. The summed E-state index contributed by atoms with van der Waals surface area (Å²) >= 11 is 0. The lowest BCUT2D eigenvalue weighted by molar-refractivity contribution is -0.133. The van der Waals surface area contributed by atoms with E-state index in [0.29, 0.717) is 12.0 Å². The second-order valence-electron chi connectivity index (χ2n) is 9.12. The number of rotatable bonds is 5. The molecular weight excluding hydrogens is 342 g/mol. The predicted molar refractivity (Wildman–Crippen MR) is 102 cm³/mol. The van der Waals surface area contributed by atoms with Gasteiger partial charge in [-0.05, 0) is 52.0 Å². The SMILES string of the molecule is CC(C)NC(=O)[C@@H]1CN2CC[C@@H]1C[C@@H]2Cn1cc(C2(O)CCCCC2)nn1. The summed E-state index contributed by atoms with van der Waals surface area (Å²) in [7, 11) is 0. The van der Waals surface area contributed by atoms with Crippen molar-refractivity contribution in [3.05, 3.63) is 11.9 Å². The molecule has 4 heterocycles. The summed E-state index contributed by atoms with van der Waals surface area (Å²) < 4.78 is 1.90. The number of amides is 1. The van der Waals surface area contributed by atoms with Crippen molar-refractivity contribution in [3.63, 3.8) is 0 Å². The molecular formula is C20H33N5O2. The molecule has 4 atom stereocenters. The van der Waals surface area contributed by atoms with Crippen LogP contribution in [0, 0.1) is 11.8 Å². The van der Waals surface area contributed by atoms with Gasteiger partial charge in [-0.25, -0.2) is 0 Å². The Bertz CT molecular complexity index is 667. The van der Waals surface area contributed by atoms with Crippen molar-refractivity contribution in [1.29, 1.82) is 0 Å². The van der Waals surface area contributed by atoms with Gasteiger partial charge in [0, 0.05) is 18.6 Å². The normalized spacial score (nSPS) is 32.6. The lowest BCUT2D eigenvalue weighted by atomic mass is 9.75. The summed E-state index contributed by atoms with van der Waals surface area (Å²) in [5.41, 5.74) is -0.0603. The highest BCUT2D eigenvalue weighted by Crippen LogP contribution is 2.38. The van der Waals surface area contributed by atoms with Crippen molar-refractivity contribution in [3.8, 4) is 0 Å². The van der Waals surface area contributed by atoms with Gasteiger partial charge in [-0.1, -0.05) is 24.5 Å². The van der Waals surface area contributed by atoms with Crippen molar-refractivity contribution in [2.75, 3.05) is 13.1 Å². The van der Waals surface area contributed by atoms with E-state index in [1.807, 2.05) is 24.7 Å². The Morgan fingerprint density at radius 2 is 2.15 bits per heavy atom. The molecule has 5 rings (SSSR count). The van der Waals surface area contributed by atoms with Crippen molar-refractivity contribution >= 4 is 5.91 Å². The highest BCUT2D eigenvalue weighted by atomic mass is 16.3. The van der Waals surface area contributed by atoms with Gasteiger partial charge in [-0.3, -0.25) is 14.4 Å². The van der Waals surface area contributed by atoms with Crippen LogP contribution in [0.1, 0.15) is 64.5 Å². The average Bonchev–Trinajstić information content (AvgIpc) is 3.12. The lowest BCUT2D eigenvalue weighted by Crippen LogP contribution is -2.58. The number of hydrogen-bond acceptors (Lipinski definition) is 5. The van der Waals surface area contributed by atoms with E-state index in [4.69, 9.17) is 0 Å². The first-order valence-corrected chi connectivity index (χ1v) is 10.6. The Kier molecular flexibility index (Phi) is 5.25. The Hall–Kier alpha value is -1.47. The van der Waals surface area contributed by atoms with Crippen LogP contribution in [-0.4, -0.2) is 56.1 Å². The first-order valence-electron chi connectivity index (χ1n) is 10.6. The van der Waals surface area contributed by atoms with Gasteiger partial charge in [0.05, 0.1) is 18.7 Å². The van der Waals surface area contributed by atoms with Gasteiger partial charge < -0.3 is 10.4 Å². The van der Waals surface area contributed by atoms with Crippen LogP contribution in [-0.2, 0) is 16.9 Å². The average molecular weight is 376 g/mol. The molecule has 1 unspecified atom stereocenters. The number of carbonyl (C=O) groups is 1. The largest absolute Gasteiger partial charge is 0.383 e. The van der Waals surface area contributed by atoms with Gasteiger partial charge in [-0.2, -0.15) is 0 Å². The third kappa shape index (κ3) is 3.90. The van der Waals surface area contributed by atoms with Crippen LogP contribution in [0.4, 0.5) is 0 Å². The summed E-state index contributed by atoms with van der Waals surface area (Å²) in [6.45, 7) is 6.74. The summed E-state index contributed by atoms with van der Waals surface area (Å²) in [6.07, 6.45) is 8.97. The van der Waals surface area contributed by atoms with E-state index in [-0.39, 0.29) is 17.9 Å². The second-order valence-corrected chi connectivity index (χ2v) is 9.12. The van der Waals surface area contributed by atoms with E-state index in [1.165, 1.54) is 6.42 Å². The number of aromatic nitrogens is 3. The zero-order valence-electron chi connectivity index (χ0n) is 16.6. The minimum Gasteiger partial charge on any atom is -0.383 e. The van der Waals surface area contributed by atoms with E-state index in [1.54, 1.807) is 0 Å². The molecule has 1 aliphatic carbocycles. The molecule has 3 aliphatic heterocycles. The Morgan fingerprint density at radius 3 is 2.81 bits per heavy atom. The van der Waals surface area contributed by atoms with E-state index in [0.717, 1.165) is 63.9 Å². The summed E-state index contributed by atoms with van der Waals surface area (Å²) in [5.74, 6) is 0.789. The summed E-state index contributed by atoms with van der Waals surface area (Å²) in [5, 5.41) is 22.6. The van der Waals surface area contributed by atoms with Crippen LogP contribution < -0.4 is 5.32 Å². The standard InChI is InChI=1S/C20H33N5O2/c1-14(2)21-19(26)17-12-24-9-6-15(17)10-16(24)11-25-13-18(22-23-25)20(27)7-4-3-5-8-20/h13-17,27H,3-12H2,1-2H3,(H,21,26)/t15-,16-,17-/m1/s1. The highest BCUT2D eigenvalue weighted by Gasteiger charge is 2.43. The minimum atomic E-state index is -0.789. The van der Waals surface area contributed by atoms with Crippen LogP contribution in [0.3, 0.4) is 0 Å². The third-order valence-electron chi connectivity index (χ3n) is 6.74. The number of fused-ring (bicyclic) bond motifs is 3. The Balaban J connectivity index is 1.38. The van der Waals surface area contributed by atoms with E-state index in [9.17, 15) is 9.90 Å². The number of nitrogens with one attached hydrogen (secondary N) is 1. The zero-order valence-corrected chi connectivity index (χ0v) is 16.6. The zero-order chi connectivity index (χ0) is 19.0. The molecule has 1 aromatic rings. The van der Waals surface area contributed by atoms with Crippen molar-refractivity contribution in [1.82, 2.24) is 25.2 Å². The summed E-state index contributed by atoms with van der Waals surface area (Å²) in [4.78, 5) is 14.9. The molecule has 2 N–H and O–H groups in total. The second kappa shape index (κ2) is 7.51. The smallest absolute Gasteiger partial charge is 0.224 e. The fourth-order valence-electron chi connectivity index (χ4n) is 5.23. The highest BCUT2D eigenvalue weighted by molar-refractivity contribution is 5.79. The van der Waals surface area contributed by atoms with Gasteiger partial charge in [0.25, 0.3) is 0 Å². The predicted octanol–water partition coefficient (Wildman–Crippen LogP) is 1.66. The number of carbonyl (C=O) groups excluding carboxylic acids is 1. The summed E-state index contributed by atoms with van der Waals surface area (Å²) in [6, 6.07) is 0.602. The maximum atomic E-state index is 12.5. The molecule has 2 bridgehead atoms. The minimum absolute atomic E-state index is 0.117. The van der Waals surface area contributed by atoms with E-state index < -0.39 is 5.60 Å². The monoisotopic (exact) mass is 375 g/mol. The van der Waals surface area contributed by atoms with Crippen LogP contribution >= 0.6 is 0 Å². The Morgan fingerprint density at radius 1 is 1.37 bits per heavy atom. The molecule has 1 saturated carbocycles. The van der Waals surface area contributed by atoms with Gasteiger partial charge in [0.2, 0.25) is 5.91 Å². The first-order chi connectivity index (χ1) is 12.9. The van der Waals surface area contributed by atoms with E-state index in [2.05, 4.69) is 20.5 Å². The number of nitrogens with zero attached hydrogens (tertiary/aromatic N) is 4. The molecule has 0 aromatic carbocycles. The lowest BCUT2D eigenvalue weighted by Gasteiger charge is -2.49. The molecule has 4 aliphatic rings. The first kappa shape index (κ1) is 18.9. The van der Waals surface area contributed by atoms with Crippen molar-refractivity contribution in [2.24, 2.45) is 11.8 Å². The molecule has 1 amide bonds. The molecule has 4 fully saturated rings. The molecule has 0 spiro atoms. The Labute approximate surface area is 161 Å². The topological polar surface area (TPSA) is 83.3 Å². The molecule has 27 heavy (non-hydrogen) atoms. The molecule has 150 valence electrons. The van der Waals surface area contributed by atoms with E-state index >= 15 is 0 Å². The number of aliphatic hydroxyl groups is 1. The molecule has 7 heteroatoms. The van der Waals surface area contributed by atoms with Gasteiger partial charge in [-0.15, -0.1) is 5.10 Å². The molecule has 7 nitrogen and oxygen atoms in total. The third-order valence-corrected chi connectivity index (χ3v) is 6.74. The van der Waals surface area contributed by atoms with Crippen molar-refractivity contribution in [2.45, 2.75) is 83.0 Å². The molecule has 1 aromatic heterocycles. The number of piperidine rings is 3. The van der Waals surface area contributed by atoms with Crippen LogP contribution in [0.5, 0.6) is 0 Å². The van der Waals surface area contributed by atoms with Crippen LogP contribution in [0.25, 0.3) is 0 Å². The van der Waals surface area contributed by atoms with Crippen molar-refractivity contribution < 1.29 is 9.90 Å². The number of hydrogen-bond donors (Lipinski definition) is 2. The molecule has 3 saturated heterocycles. The van der Waals surface area contributed by atoms with Gasteiger partial charge in [0.1, 0.15) is 11.3 Å². The van der Waals surface area contributed by atoms with Gasteiger partial charge in [0.15, 0.2) is 0 Å². The maximum Gasteiger partial charge on any atom is 0.224 e. The van der Waals surface area contributed by atoms with Crippen LogP contribution in [0.2, 0.25) is 0 Å². The fourth-order valence-corrected chi connectivity index (χ4v) is 5.23. The molecule has 0 radical (unpaired) electrons. The fraction of sp³-hybridized carbons (Fsp3) is 0.850. The maximum absolute atomic E-state index is 12.5. The van der Waals surface area contributed by atoms with Crippen LogP contribution in [0.15, 0.2) is 6.20 Å².